The van der Waals surface area contributed by atoms with E-state index >= 15 is 0 Å². The van der Waals surface area contributed by atoms with Crippen molar-refractivity contribution in [2.45, 2.75) is 32.6 Å². The Bertz CT molecular complexity index is 824. The molecular weight excluding hydrogens is 264 g/mol. The lowest BCUT2D eigenvalue weighted by atomic mass is 9.97. The Hall–Kier alpha value is -1.27. The Morgan fingerprint density at radius 3 is 3.00 bits per heavy atom. The number of hydrogen-bond acceptors (Lipinski definition) is 4. The molecule has 0 bridgehead atoms. The van der Waals surface area contributed by atoms with Gasteiger partial charge in [-0.2, -0.15) is 4.98 Å². The number of aromatic nitrogens is 4. The van der Waals surface area contributed by atoms with E-state index in [-0.39, 0.29) is 0 Å². The Morgan fingerprint density at radius 2 is 2.11 bits per heavy atom. The first-order chi connectivity index (χ1) is 8.74. The van der Waals surface area contributed by atoms with Crippen molar-refractivity contribution in [2.24, 2.45) is 0 Å². The zero-order valence-corrected chi connectivity index (χ0v) is 11.6. The molecule has 4 nitrogen and oxygen atoms in total. The second-order valence-electron chi connectivity index (χ2n) is 4.74. The van der Waals surface area contributed by atoms with Gasteiger partial charge in [0.15, 0.2) is 5.65 Å². The summed E-state index contributed by atoms with van der Waals surface area (Å²) in [5, 5.41) is 4.29. The van der Waals surface area contributed by atoms with Crippen molar-refractivity contribution in [3.05, 3.63) is 21.0 Å². The van der Waals surface area contributed by atoms with Gasteiger partial charge < -0.3 is 0 Å². The molecule has 3 heterocycles. The van der Waals surface area contributed by atoms with Gasteiger partial charge in [-0.15, -0.1) is 11.3 Å². The number of hydrogen-bond donors (Lipinski definition) is 1. The molecule has 1 aliphatic carbocycles. The van der Waals surface area contributed by atoms with Crippen LogP contribution in [0.1, 0.15) is 29.1 Å². The Morgan fingerprint density at radius 1 is 1.28 bits per heavy atom. The molecule has 3 aromatic heterocycles. The highest BCUT2D eigenvalue weighted by Crippen LogP contribution is 2.37. The summed E-state index contributed by atoms with van der Waals surface area (Å²) in [5.74, 6) is 0.916. The average Bonchev–Trinajstić information content (AvgIpc) is 2.88. The first-order valence-corrected chi connectivity index (χ1v) is 7.36. The minimum absolute atomic E-state index is 0.531. The Balaban J connectivity index is 2.25. The van der Waals surface area contributed by atoms with Crippen molar-refractivity contribution in [1.82, 2.24) is 19.6 Å². The van der Waals surface area contributed by atoms with E-state index in [2.05, 4.69) is 15.1 Å². The van der Waals surface area contributed by atoms with E-state index in [0.29, 0.717) is 4.77 Å². The van der Waals surface area contributed by atoms with Gasteiger partial charge in [0.25, 0.3) is 0 Å². The number of nitrogens with zero attached hydrogens (tertiary/aromatic N) is 3. The second-order valence-corrected chi connectivity index (χ2v) is 6.21. The van der Waals surface area contributed by atoms with Crippen molar-refractivity contribution in [2.75, 3.05) is 0 Å². The summed E-state index contributed by atoms with van der Waals surface area (Å²) in [6, 6.07) is 0. The zero-order valence-electron chi connectivity index (χ0n) is 9.99. The van der Waals surface area contributed by atoms with Crippen molar-refractivity contribution in [3.63, 3.8) is 0 Å². The fourth-order valence-electron chi connectivity index (χ4n) is 2.78. The smallest absolute Gasteiger partial charge is 0.214 e. The van der Waals surface area contributed by atoms with Gasteiger partial charge in [0.2, 0.25) is 4.77 Å². The SMILES string of the molecule is Cc1nc2sc3c(c2c2nc(=S)[nH]n12)CCCC3. The zero-order chi connectivity index (χ0) is 12.3. The predicted octanol–water partition coefficient (Wildman–Crippen LogP) is 3.19. The largest absolute Gasteiger partial charge is 0.265 e. The molecular formula is C12H12N4S2. The van der Waals surface area contributed by atoms with Crippen LogP contribution >= 0.6 is 23.6 Å². The van der Waals surface area contributed by atoms with Crippen LogP contribution in [-0.4, -0.2) is 19.6 Å². The molecule has 4 rings (SSSR count). The maximum atomic E-state index is 5.15. The van der Waals surface area contributed by atoms with E-state index in [1.54, 1.807) is 0 Å². The maximum Gasteiger partial charge on any atom is 0.214 e. The third-order valence-electron chi connectivity index (χ3n) is 3.59. The lowest BCUT2D eigenvalue weighted by Gasteiger charge is -2.10. The van der Waals surface area contributed by atoms with Gasteiger partial charge in [-0.1, -0.05) is 0 Å². The third kappa shape index (κ3) is 1.33. The molecule has 18 heavy (non-hydrogen) atoms. The maximum absolute atomic E-state index is 5.15. The minimum Gasteiger partial charge on any atom is -0.265 e. The molecule has 0 amide bonds. The molecule has 0 unspecified atom stereocenters. The third-order valence-corrected chi connectivity index (χ3v) is 4.96. The van der Waals surface area contributed by atoms with E-state index in [4.69, 9.17) is 12.2 Å². The number of thiophene rings is 1. The number of aromatic amines is 1. The molecule has 0 saturated heterocycles. The summed E-state index contributed by atoms with van der Waals surface area (Å²) in [7, 11) is 0. The highest BCUT2D eigenvalue weighted by molar-refractivity contribution is 7.71. The fourth-order valence-corrected chi connectivity index (χ4v) is 4.26. The summed E-state index contributed by atoms with van der Waals surface area (Å²) >= 11 is 6.98. The number of aryl methyl sites for hydroxylation is 3. The number of nitrogens with one attached hydrogen (secondary N) is 1. The molecule has 0 aromatic carbocycles. The minimum atomic E-state index is 0.531. The average molecular weight is 276 g/mol. The summed E-state index contributed by atoms with van der Waals surface area (Å²) in [4.78, 5) is 11.8. The molecule has 0 atom stereocenters. The topological polar surface area (TPSA) is 46.0 Å². The summed E-state index contributed by atoms with van der Waals surface area (Å²) in [6.07, 6.45) is 4.90. The van der Waals surface area contributed by atoms with Crippen molar-refractivity contribution >= 4 is 39.4 Å². The number of fused-ring (bicyclic) bond motifs is 5. The Labute approximate surface area is 113 Å². The van der Waals surface area contributed by atoms with Crippen LogP contribution in [0.25, 0.3) is 15.9 Å². The van der Waals surface area contributed by atoms with E-state index in [1.807, 2.05) is 22.8 Å². The lowest BCUT2D eigenvalue weighted by molar-refractivity contribution is 0.700. The van der Waals surface area contributed by atoms with Gasteiger partial charge in [-0.05, 0) is 50.4 Å². The number of H-pyrrole nitrogens is 1. The van der Waals surface area contributed by atoms with Crippen molar-refractivity contribution < 1.29 is 0 Å². The molecule has 3 aromatic rings. The van der Waals surface area contributed by atoms with Crippen molar-refractivity contribution in [1.29, 1.82) is 0 Å². The fraction of sp³-hybridized carbons (Fsp3) is 0.417. The first kappa shape index (κ1) is 10.6. The van der Waals surface area contributed by atoms with Gasteiger partial charge >= 0.3 is 0 Å². The molecule has 92 valence electrons. The van der Waals surface area contributed by atoms with Gasteiger partial charge in [-0.25, -0.2) is 9.50 Å². The van der Waals surface area contributed by atoms with E-state index in [1.165, 1.54) is 35.1 Å². The predicted molar refractivity (Wildman–Crippen MR) is 74.9 cm³/mol. The Kier molecular flexibility index (Phi) is 2.14. The quantitative estimate of drug-likeness (QED) is 0.641. The van der Waals surface area contributed by atoms with Crippen molar-refractivity contribution in [3.8, 4) is 0 Å². The lowest BCUT2D eigenvalue weighted by Crippen LogP contribution is -2.01. The molecule has 0 fully saturated rings. The molecule has 0 radical (unpaired) electrons. The highest BCUT2D eigenvalue weighted by atomic mass is 32.1. The van der Waals surface area contributed by atoms with E-state index in [0.717, 1.165) is 22.7 Å². The molecule has 6 heteroatoms. The van der Waals surface area contributed by atoms with Crippen LogP contribution < -0.4 is 0 Å². The van der Waals surface area contributed by atoms with Crippen LogP contribution in [0.15, 0.2) is 0 Å². The van der Waals surface area contributed by atoms with Crippen LogP contribution in [0.3, 0.4) is 0 Å². The summed E-state index contributed by atoms with van der Waals surface area (Å²) in [5.41, 5.74) is 2.40. The van der Waals surface area contributed by atoms with Crippen LogP contribution in [0, 0.1) is 11.7 Å². The van der Waals surface area contributed by atoms with Crippen LogP contribution in [0.2, 0.25) is 0 Å². The molecule has 0 spiro atoms. The standard InChI is InChI=1S/C12H12N4S2/c1-6-13-11-9(10-14-12(17)15-16(6)10)7-4-2-3-5-8(7)18-11/h2-5H2,1H3,(H,15,17). The molecule has 0 saturated carbocycles. The van der Waals surface area contributed by atoms with Gasteiger partial charge in [-0.3, -0.25) is 5.10 Å². The summed E-state index contributed by atoms with van der Waals surface area (Å²) in [6.45, 7) is 1.98. The van der Waals surface area contributed by atoms with Gasteiger partial charge in [0.05, 0.1) is 5.39 Å². The van der Waals surface area contributed by atoms with Crippen LogP contribution in [0.5, 0.6) is 0 Å². The normalized spacial score (nSPS) is 15.4. The molecule has 1 N–H and O–H groups in total. The van der Waals surface area contributed by atoms with Gasteiger partial charge in [0.1, 0.15) is 10.7 Å². The number of rotatable bonds is 0. The molecule has 1 aliphatic rings. The first-order valence-electron chi connectivity index (χ1n) is 6.13. The monoisotopic (exact) mass is 276 g/mol. The van der Waals surface area contributed by atoms with Gasteiger partial charge in [0, 0.05) is 4.88 Å². The highest BCUT2D eigenvalue weighted by Gasteiger charge is 2.20. The van der Waals surface area contributed by atoms with E-state index in [9.17, 15) is 0 Å². The van der Waals surface area contributed by atoms with Crippen LogP contribution in [-0.2, 0) is 12.8 Å². The second kappa shape index (κ2) is 3.61. The molecule has 0 aliphatic heterocycles. The van der Waals surface area contributed by atoms with Crippen LogP contribution in [0.4, 0.5) is 0 Å². The van der Waals surface area contributed by atoms with E-state index < -0.39 is 0 Å². The summed E-state index contributed by atoms with van der Waals surface area (Å²) < 4.78 is 2.44.